The second-order valence-electron chi connectivity index (χ2n) is 4.34. The van der Waals surface area contributed by atoms with Crippen LogP contribution in [0.15, 0.2) is 30.3 Å². The van der Waals surface area contributed by atoms with Crippen molar-refractivity contribution in [1.29, 1.82) is 0 Å². The fraction of sp³-hybridized carbons (Fsp3) is 0.429. The van der Waals surface area contributed by atoms with Gasteiger partial charge in [-0.05, 0) is 30.9 Å². The Morgan fingerprint density at radius 3 is 2.75 bits per heavy atom. The second-order valence-corrected chi connectivity index (χ2v) is 4.34. The lowest BCUT2D eigenvalue weighted by Crippen LogP contribution is -2.14. The van der Waals surface area contributed by atoms with Gasteiger partial charge in [-0.25, -0.2) is 0 Å². The molecule has 1 heterocycles. The van der Waals surface area contributed by atoms with Crippen LogP contribution in [0, 0.1) is 6.92 Å². The van der Waals surface area contributed by atoms with Gasteiger partial charge >= 0.3 is 0 Å². The third-order valence-electron chi connectivity index (χ3n) is 3.14. The van der Waals surface area contributed by atoms with Crippen LogP contribution < -0.4 is 0 Å². The summed E-state index contributed by atoms with van der Waals surface area (Å²) in [4.78, 5) is 0. The molecule has 0 aliphatic heterocycles. The van der Waals surface area contributed by atoms with Gasteiger partial charge in [0, 0.05) is 11.2 Å². The molecule has 0 amide bonds. The maximum absolute atomic E-state index is 9.49. The summed E-state index contributed by atoms with van der Waals surface area (Å²) in [7, 11) is 0. The van der Waals surface area contributed by atoms with Gasteiger partial charge < -0.3 is 9.67 Å². The molecule has 1 aromatic carbocycles. The Labute approximate surface area is 96.5 Å². The summed E-state index contributed by atoms with van der Waals surface area (Å²) in [6.45, 7) is 4.48. The van der Waals surface area contributed by atoms with Gasteiger partial charge in [-0.15, -0.1) is 0 Å². The lowest BCUT2D eigenvalue weighted by molar-refractivity contribution is 0.221. The Morgan fingerprint density at radius 1 is 1.31 bits per heavy atom. The van der Waals surface area contributed by atoms with Crippen molar-refractivity contribution >= 4 is 10.9 Å². The molecular weight excluding hydrogens is 198 g/mol. The quantitative estimate of drug-likeness (QED) is 0.835. The number of nitrogens with zero attached hydrogens (tertiary/aromatic N) is 1. The average molecular weight is 217 g/mol. The van der Waals surface area contributed by atoms with Gasteiger partial charge in [-0.1, -0.05) is 31.5 Å². The zero-order valence-corrected chi connectivity index (χ0v) is 9.98. The fourth-order valence-electron chi connectivity index (χ4n) is 2.43. The molecule has 1 atom stereocenters. The topological polar surface area (TPSA) is 25.2 Å². The van der Waals surface area contributed by atoms with Crippen molar-refractivity contribution in [2.45, 2.75) is 32.7 Å². The lowest BCUT2D eigenvalue weighted by atomic mass is 10.1. The molecule has 0 saturated carbocycles. The first-order chi connectivity index (χ1) is 7.77. The number of rotatable bonds is 4. The first-order valence-corrected chi connectivity index (χ1v) is 5.95. The maximum Gasteiger partial charge on any atom is 0.0639 e. The van der Waals surface area contributed by atoms with E-state index in [2.05, 4.69) is 48.7 Å². The van der Waals surface area contributed by atoms with E-state index < -0.39 is 0 Å². The second kappa shape index (κ2) is 4.71. The highest BCUT2D eigenvalue weighted by molar-refractivity contribution is 5.81. The van der Waals surface area contributed by atoms with E-state index in [0.29, 0.717) is 0 Å². The van der Waals surface area contributed by atoms with Crippen molar-refractivity contribution in [2.24, 2.45) is 0 Å². The number of benzene rings is 1. The molecule has 2 nitrogen and oxygen atoms in total. The normalized spacial score (nSPS) is 13.2. The minimum Gasteiger partial charge on any atom is -0.394 e. The summed E-state index contributed by atoms with van der Waals surface area (Å²) in [6.07, 6.45) is 2.12. The van der Waals surface area contributed by atoms with Crippen molar-refractivity contribution < 1.29 is 5.11 Å². The molecule has 0 radical (unpaired) electrons. The minimum absolute atomic E-state index is 0.213. The van der Waals surface area contributed by atoms with Crippen LogP contribution in [0.1, 0.15) is 31.5 Å². The molecule has 16 heavy (non-hydrogen) atoms. The summed E-state index contributed by atoms with van der Waals surface area (Å²) in [6, 6.07) is 10.8. The van der Waals surface area contributed by atoms with Gasteiger partial charge in [-0.2, -0.15) is 0 Å². The standard InChI is InChI=1S/C14H19NO/c1-3-6-13(10-16)15-11(2)9-12-7-4-5-8-14(12)15/h4-5,7-9,13,16H,3,6,10H2,1-2H3. The molecule has 0 spiro atoms. The van der Waals surface area contributed by atoms with Crippen LogP contribution in [0.4, 0.5) is 0 Å². The average Bonchev–Trinajstić information content (AvgIpc) is 2.62. The van der Waals surface area contributed by atoms with E-state index in [-0.39, 0.29) is 12.6 Å². The van der Waals surface area contributed by atoms with Crippen LogP contribution >= 0.6 is 0 Å². The molecule has 2 heteroatoms. The van der Waals surface area contributed by atoms with Crippen molar-refractivity contribution in [1.82, 2.24) is 4.57 Å². The van der Waals surface area contributed by atoms with Crippen LogP contribution in [0.5, 0.6) is 0 Å². The number of hydrogen-bond acceptors (Lipinski definition) is 1. The Balaban J connectivity index is 2.53. The smallest absolute Gasteiger partial charge is 0.0639 e. The highest BCUT2D eigenvalue weighted by atomic mass is 16.3. The molecule has 0 aliphatic rings. The molecular formula is C14H19NO. The van der Waals surface area contributed by atoms with E-state index in [0.717, 1.165) is 12.8 Å². The van der Waals surface area contributed by atoms with Crippen LogP contribution in [-0.4, -0.2) is 16.3 Å². The minimum atomic E-state index is 0.213. The van der Waals surface area contributed by atoms with Gasteiger partial charge in [0.15, 0.2) is 0 Å². The van der Waals surface area contributed by atoms with E-state index >= 15 is 0 Å². The summed E-state index contributed by atoms with van der Waals surface area (Å²) in [5.41, 5.74) is 2.46. The van der Waals surface area contributed by atoms with E-state index in [9.17, 15) is 5.11 Å². The zero-order chi connectivity index (χ0) is 11.5. The van der Waals surface area contributed by atoms with E-state index in [1.807, 2.05) is 0 Å². The molecule has 2 aromatic rings. The molecule has 1 aromatic heterocycles. The zero-order valence-electron chi connectivity index (χ0n) is 9.98. The van der Waals surface area contributed by atoms with E-state index in [1.54, 1.807) is 0 Å². The van der Waals surface area contributed by atoms with Crippen LogP contribution in [0.3, 0.4) is 0 Å². The SMILES string of the molecule is CCCC(CO)n1c(C)cc2ccccc21. The van der Waals surface area contributed by atoms with E-state index in [1.165, 1.54) is 16.6 Å². The van der Waals surface area contributed by atoms with Crippen LogP contribution in [-0.2, 0) is 0 Å². The summed E-state index contributed by atoms with van der Waals surface area (Å²) >= 11 is 0. The fourth-order valence-corrected chi connectivity index (χ4v) is 2.43. The molecule has 1 unspecified atom stereocenters. The number of aliphatic hydroxyl groups excluding tert-OH is 1. The van der Waals surface area contributed by atoms with Crippen LogP contribution in [0.25, 0.3) is 10.9 Å². The van der Waals surface area contributed by atoms with Gasteiger partial charge in [0.25, 0.3) is 0 Å². The van der Waals surface area contributed by atoms with Crippen molar-refractivity contribution in [2.75, 3.05) is 6.61 Å². The predicted octanol–water partition coefficient (Wildman–Crippen LogP) is 3.28. The highest BCUT2D eigenvalue weighted by Crippen LogP contribution is 2.25. The number of aryl methyl sites for hydroxylation is 1. The van der Waals surface area contributed by atoms with Crippen molar-refractivity contribution in [3.8, 4) is 0 Å². The molecule has 0 aliphatic carbocycles. The lowest BCUT2D eigenvalue weighted by Gasteiger charge is -2.19. The van der Waals surface area contributed by atoms with Crippen LogP contribution in [0.2, 0.25) is 0 Å². The highest BCUT2D eigenvalue weighted by Gasteiger charge is 2.13. The van der Waals surface area contributed by atoms with Crippen molar-refractivity contribution in [3.05, 3.63) is 36.0 Å². The summed E-state index contributed by atoms with van der Waals surface area (Å²) in [5, 5.41) is 10.8. The molecule has 1 N–H and O–H groups in total. The third kappa shape index (κ3) is 1.85. The third-order valence-corrected chi connectivity index (χ3v) is 3.14. The Kier molecular flexibility index (Phi) is 3.30. The van der Waals surface area contributed by atoms with Gasteiger partial charge in [0.05, 0.1) is 12.6 Å². The number of aliphatic hydroxyl groups is 1. The first-order valence-electron chi connectivity index (χ1n) is 5.95. The Morgan fingerprint density at radius 2 is 2.06 bits per heavy atom. The van der Waals surface area contributed by atoms with Gasteiger partial charge in [-0.3, -0.25) is 0 Å². The number of para-hydroxylation sites is 1. The first kappa shape index (κ1) is 11.2. The molecule has 86 valence electrons. The van der Waals surface area contributed by atoms with Gasteiger partial charge in [0.1, 0.15) is 0 Å². The maximum atomic E-state index is 9.49. The Hall–Kier alpha value is -1.28. The van der Waals surface area contributed by atoms with Crippen molar-refractivity contribution in [3.63, 3.8) is 0 Å². The summed E-state index contributed by atoms with van der Waals surface area (Å²) < 4.78 is 2.26. The monoisotopic (exact) mass is 217 g/mol. The molecule has 0 saturated heterocycles. The number of fused-ring (bicyclic) bond motifs is 1. The Bertz CT molecular complexity index is 473. The largest absolute Gasteiger partial charge is 0.394 e. The van der Waals surface area contributed by atoms with E-state index in [4.69, 9.17) is 0 Å². The summed E-state index contributed by atoms with van der Waals surface area (Å²) in [5.74, 6) is 0. The number of aromatic nitrogens is 1. The molecule has 2 rings (SSSR count). The number of hydrogen-bond donors (Lipinski definition) is 1. The molecule has 0 fully saturated rings. The molecule has 0 bridgehead atoms. The van der Waals surface area contributed by atoms with Gasteiger partial charge in [0.2, 0.25) is 0 Å². The predicted molar refractivity (Wildman–Crippen MR) is 67.7 cm³/mol.